The fourth-order valence-electron chi connectivity index (χ4n) is 0.717. The number of pyridine rings is 1. The monoisotopic (exact) mass is 251 g/mol. The minimum atomic E-state index is -5.68. The topological polar surface area (TPSA) is 56.3 Å². The fraction of sp³-hybridized carbons (Fsp3) is 0.125. The van der Waals surface area contributed by atoms with E-state index in [4.69, 9.17) is 6.42 Å². The highest BCUT2D eigenvalue weighted by Crippen LogP contribution is 2.26. The molecule has 8 heteroatoms. The predicted octanol–water partition coefficient (Wildman–Crippen LogP) is 1.29. The van der Waals surface area contributed by atoms with Crippen molar-refractivity contribution in [1.29, 1.82) is 0 Å². The first kappa shape index (κ1) is 12.3. The summed E-state index contributed by atoms with van der Waals surface area (Å²) in [6.45, 7) is 0. The lowest BCUT2D eigenvalue weighted by Gasteiger charge is -2.08. The van der Waals surface area contributed by atoms with Crippen molar-refractivity contribution in [2.45, 2.75) is 5.51 Å². The second kappa shape index (κ2) is 4.02. The van der Waals surface area contributed by atoms with Crippen molar-refractivity contribution in [2.75, 3.05) is 0 Å². The molecule has 0 aliphatic heterocycles. The molecular weight excluding hydrogens is 247 g/mol. The third-order valence-electron chi connectivity index (χ3n) is 1.37. The highest BCUT2D eigenvalue weighted by Gasteiger charge is 2.48. The van der Waals surface area contributed by atoms with E-state index in [0.717, 1.165) is 12.3 Å². The summed E-state index contributed by atoms with van der Waals surface area (Å²) in [5, 5.41) is 0. The van der Waals surface area contributed by atoms with Gasteiger partial charge in [0.05, 0.1) is 6.20 Å². The fourth-order valence-corrected chi connectivity index (χ4v) is 1.16. The Kier molecular flexibility index (Phi) is 3.09. The second-order valence-corrected chi connectivity index (χ2v) is 4.07. The van der Waals surface area contributed by atoms with Gasteiger partial charge in [0.25, 0.3) is 0 Å². The summed E-state index contributed by atoms with van der Waals surface area (Å²) < 4.78 is 60.8. The average molecular weight is 251 g/mol. The Labute approximate surface area is 89.2 Å². The number of nitrogens with zero attached hydrogens (tertiary/aromatic N) is 1. The maximum atomic E-state index is 11.9. The largest absolute Gasteiger partial charge is 0.534 e. The van der Waals surface area contributed by atoms with Crippen LogP contribution in [0.15, 0.2) is 18.5 Å². The van der Waals surface area contributed by atoms with E-state index in [1.165, 1.54) is 6.20 Å². The number of hydrogen-bond donors (Lipinski definition) is 0. The third-order valence-corrected chi connectivity index (χ3v) is 2.35. The number of hydrogen-bond acceptors (Lipinski definition) is 4. The highest BCUT2D eigenvalue weighted by molar-refractivity contribution is 7.87. The van der Waals surface area contributed by atoms with Crippen LogP contribution in [-0.2, 0) is 10.1 Å². The van der Waals surface area contributed by atoms with Gasteiger partial charge in [0, 0.05) is 17.8 Å². The first-order valence-electron chi connectivity index (χ1n) is 3.68. The molecule has 0 spiro atoms. The van der Waals surface area contributed by atoms with E-state index in [1.54, 1.807) is 0 Å². The van der Waals surface area contributed by atoms with Gasteiger partial charge in [-0.15, -0.1) is 6.42 Å². The third kappa shape index (κ3) is 2.64. The highest BCUT2D eigenvalue weighted by atomic mass is 32.2. The Balaban J connectivity index is 3.03. The minimum Gasteiger partial charge on any atom is -0.374 e. The Morgan fingerprint density at radius 2 is 2.00 bits per heavy atom. The van der Waals surface area contributed by atoms with Gasteiger partial charge in [-0.25, -0.2) is 0 Å². The smallest absolute Gasteiger partial charge is 0.374 e. The summed E-state index contributed by atoms with van der Waals surface area (Å²) in [7, 11) is -5.68. The van der Waals surface area contributed by atoms with Gasteiger partial charge >= 0.3 is 15.6 Å². The van der Waals surface area contributed by atoms with Crippen LogP contribution in [-0.4, -0.2) is 18.9 Å². The maximum absolute atomic E-state index is 11.9. The molecule has 1 heterocycles. The molecule has 0 aliphatic carbocycles. The van der Waals surface area contributed by atoms with Crippen LogP contribution in [0, 0.1) is 12.3 Å². The number of alkyl halides is 3. The van der Waals surface area contributed by atoms with Crippen LogP contribution < -0.4 is 4.18 Å². The Hall–Kier alpha value is -1.75. The molecule has 0 amide bonds. The molecule has 1 rings (SSSR count). The molecule has 4 nitrogen and oxygen atoms in total. The molecule has 0 saturated carbocycles. The second-order valence-electron chi connectivity index (χ2n) is 2.54. The lowest BCUT2D eigenvalue weighted by Crippen LogP contribution is -2.28. The SMILES string of the molecule is C#Cc1cncc(OS(=O)(=O)C(F)(F)F)c1. The summed E-state index contributed by atoms with van der Waals surface area (Å²) in [6, 6.07) is 0.955. The van der Waals surface area contributed by atoms with E-state index in [0.29, 0.717) is 0 Å². The molecule has 1 aromatic heterocycles. The zero-order chi connectivity index (χ0) is 12.4. The van der Waals surface area contributed by atoms with Crippen LogP contribution in [0.4, 0.5) is 13.2 Å². The minimum absolute atomic E-state index is 0.106. The summed E-state index contributed by atoms with van der Waals surface area (Å²) in [4.78, 5) is 3.42. The average Bonchev–Trinajstić information content (AvgIpc) is 2.15. The standard InChI is InChI=1S/C8H4F3NO3S/c1-2-6-3-7(5-12-4-6)15-16(13,14)8(9,10)11/h1,3-5H. The van der Waals surface area contributed by atoms with Crippen LogP contribution in [0.25, 0.3) is 0 Å². The van der Waals surface area contributed by atoms with E-state index in [2.05, 4.69) is 15.1 Å². The van der Waals surface area contributed by atoms with Crippen molar-refractivity contribution < 1.29 is 25.8 Å². The summed E-state index contributed by atoms with van der Waals surface area (Å²) >= 11 is 0. The molecule has 0 radical (unpaired) electrons. The van der Waals surface area contributed by atoms with Crippen LogP contribution in [0.2, 0.25) is 0 Å². The summed E-state index contributed by atoms with van der Waals surface area (Å²) in [6.07, 6.45) is 6.93. The molecule has 0 fully saturated rings. The van der Waals surface area contributed by atoms with Gasteiger partial charge in [-0.3, -0.25) is 4.98 Å². The molecule has 0 unspecified atom stereocenters. The first-order valence-corrected chi connectivity index (χ1v) is 5.09. The Morgan fingerprint density at radius 3 is 2.50 bits per heavy atom. The quantitative estimate of drug-likeness (QED) is 0.451. The summed E-state index contributed by atoms with van der Waals surface area (Å²) in [5.41, 5.74) is -5.38. The van der Waals surface area contributed by atoms with Gasteiger partial charge in [-0.1, -0.05) is 5.92 Å². The van der Waals surface area contributed by atoms with Crippen LogP contribution in [0.3, 0.4) is 0 Å². The van der Waals surface area contributed by atoms with Crippen molar-refractivity contribution in [2.24, 2.45) is 0 Å². The van der Waals surface area contributed by atoms with Crippen LogP contribution in [0.5, 0.6) is 5.75 Å². The molecule has 86 valence electrons. The molecule has 0 aliphatic rings. The van der Waals surface area contributed by atoms with Crippen molar-refractivity contribution >= 4 is 10.1 Å². The van der Waals surface area contributed by atoms with Gasteiger partial charge in [0.1, 0.15) is 0 Å². The van der Waals surface area contributed by atoms with Crippen molar-refractivity contribution in [3.63, 3.8) is 0 Å². The number of halogens is 3. The van der Waals surface area contributed by atoms with E-state index < -0.39 is 21.4 Å². The molecule has 16 heavy (non-hydrogen) atoms. The first-order chi connectivity index (χ1) is 7.26. The lowest BCUT2D eigenvalue weighted by molar-refractivity contribution is -0.0500. The van der Waals surface area contributed by atoms with Gasteiger partial charge < -0.3 is 4.18 Å². The van der Waals surface area contributed by atoms with Crippen LogP contribution in [0.1, 0.15) is 5.56 Å². The molecule has 0 bridgehead atoms. The van der Waals surface area contributed by atoms with Gasteiger partial charge in [-0.2, -0.15) is 21.6 Å². The molecule has 0 saturated heterocycles. The van der Waals surface area contributed by atoms with Gasteiger partial charge in [0.15, 0.2) is 5.75 Å². The van der Waals surface area contributed by atoms with Crippen molar-refractivity contribution in [1.82, 2.24) is 4.98 Å². The molecular formula is C8H4F3NO3S. The summed E-state index contributed by atoms with van der Waals surface area (Å²) in [5.74, 6) is 1.48. The van der Waals surface area contributed by atoms with Crippen molar-refractivity contribution in [3.05, 3.63) is 24.0 Å². The maximum Gasteiger partial charge on any atom is 0.534 e. The van der Waals surface area contributed by atoms with E-state index >= 15 is 0 Å². The molecule has 1 aromatic rings. The Morgan fingerprint density at radius 1 is 1.38 bits per heavy atom. The van der Waals surface area contributed by atoms with Crippen LogP contribution >= 0.6 is 0 Å². The number of rotatable bonds is 2. The van der Waals surface area contributed by atoms with Gasteiger partial charge in [-0.05, 0) is 0 Å². The molecule has 0 atom stereocenters. The Bertz CT molecular complexity index is 530. The zero-order valence-corrected chi connectivity index (χ0v) is 8.34. The number of terminal acetylenes is 1. The van der Waals surface area contributed by atoms with E-state index in [1.807, 2.05) is 0 Å². The normalized spacial score (nSPS) is 11.9. The molecule has 0 N–H and O–H groups in total. The van der Waals surface area contributed by atoms with E-state index in [9.17, 15) is 21.6 Å². The lowest BCUT2D eigenvalue weighted by atomic mass is 10.3. The molecule has 0 aromatic carbocycles. The number of aromatic nitrogens is 1. The predicted molar refractivity (Wildman–Crippen MR) is 47.8 cm³/mol. The van der Waals surface area contributed by atoms with Crippen molar-refractivity contribution in [3.8, 4) is 18.1 Å². The zero-order valence-electron chi connectivity index (χ0n) is 7.52. The van der Waals surface area contributed by atoms with Gasteiger partial charge in [0.2, 0.25) is 0 Å². The van der Waals surface area contributed by atoms with E-state index in [-0.39, 0.29) is 5.56 Å².